The number of rotatable bonds is 7. The maximum absolute atomic E-state index is 12.1. The van der Waals surface area contributed by atoms with Crippen molar-refractivity contribution in [1.29, 1.82) is 0 Å². The van der Waals surface area contributed by atoms with Gasteiger partial charge in [-0.25, -0.2) is 0 Å². The van der Waals surface area contributed by atoms with Crippen molar-refractivity contribution in [3.8, 4) is 17.2 Å². The molecule has 0 radical (unpaired) electrons. The van der Waals surface area contributed by atoms with Gasteiger partial charge in [-0.2, -0.15) is 0 Å². The molecule has 0 saturated heterocycles. The van der Waals surface area contributed by atoms with Crippen LogP contribution in [0, 0.1) is 11.3 Å². The first-order valence-electron chi connectivity index (χ1n) is 10.8. The van der Waals surface area contributed by atoms with Crippen LogP contribution in [0.2, 0.25) is 0 Å². The predicted molar refractivity (Wildman–Crippen MR) is 115 cm³/mol. The first-order valence-corrected chi connectivity index (χ1v) is 10.8. The second-order valence-electron chi connectivity index (χ2n) is 8.92. The lowest BCUT2D eigenvalue weighted by molar-refractivity contribution is -0.245. The van der Waals surface area contributed by atoms with E-state index in [0.29, 0.717) is 30.1 Å². The zero-order chi connectivity index (χ0) is 23.3. The second kappa shape index (κ2) is 8.24. The molecule has 1 heterocycles. The number of aliphatic hydroxyl groups excluding tert-OH is 1. The standard InChI is InChI=1S/C24H32O8/c1-7-8-23-11-18(28-5)21(32-14(3)25)24(29-6,22(23)26)19(13(23)2)15-9-16(27-4)20-17(10-15)30-12-31-20/h7,9-10,13,18-19,21-22,26H,1,8,11-12H2,2-6H3/t13-,18+,19+,21-,22-,23-,24+/m0/s1. The summed E-state index contributed by atoms with van der Waals surface area (Å²) in [5.74, 6) is 0.768. The Hall–Kier alpha value is -2.29. The molecule has 2 saturated carbocycles. The molecule has 176 valence electrons. The number of carbonyl (C=O) groups excluding carboxylic acids is 1. The van der Waals surface area contributed by atoms with E-state index in [1.807, 2.05) is 18.2 Å². The van der Waals surface area contributed by atoms with Crippen LogP contribution in [0.3, 0.4) is 0 Å². The normalized spacial score (nSPS) is 37.2. The summed E-state index contributed by atoms with van der Waals surface area (Å²) in [4.78, 5) is 12.1. The highest BCUT2D eigenvalue weighted by Crippen LogP contribution is 2.67. The van der Waals surface area contributed by atoms with Gasteiger partial charge in [-0.05, 0) is 36.5 Å². The molecule has 1 aromatic rings. The second-order valence-corrected chi connectivity index (χ2v) is 8.92. The summed E-state index contributed by atoms with van der Waals surface area (Å²) in [6.07, 6.45) is 0.691. The quantitative estimate of drug-likeness (QED) is 0.503. The molecular weight excluding hydrogens is 416 g/mol. The monoisotopic (exact) mass is 448 g/mol. The van der Waals surface area contributed by atoms with Crippen LogP contribution in [0.15, 0.2) is 24.8 Å². The number of hydrogen-bond acceptors (Lipinski definition) is 8. The Balaban J connectivity index is 1.95. The Morgan fingerprint density at radius 1 is 1.31 bits per heavy atom. The van der Waals surface area contributed by atoms with Gasteiger partial charge >= 0.3 is 5.97 Å². The third kappa shape index (κ3) is 2.96. The molecule has 0 spiro atoms. The Morgan fingerprint density at radius 3 is 2.66 bits per heavy atom. The number of methoxy groups -OCH3 is 3. The number of fused-ring (bicyclic) bond motifs is 3. The van der Waals surface area contributed by atoms with Crippen molar-refractivity contribution in [2.75, 3.05) is 28.1 Å². The minimum absolute atomic E-state index is 0.0706. The van der Waals surface area contributed by atoms with Gasteiger partial charge in [0.2, 0.25) is 12.5 Å². The zero-order valence-corrected chi connectivity index (χ0v) is 19.3. The van der Waals surface area contributed by atoms with Gasteiger partial charge in [-0.1, -0.05) is 13.0 Å². The van der Waals surface area contributed by atoms with Crippen molar-refractivity contribution in [3.63, 3.8) is 0 Å². The molecule has 32 heavy (non-hydrogen) atoms. The summed E-state index contributed by atoms with van der Waals surface area (Å²) >= 11 is 0. The van der Waals surface area contributed by atoms with E-state index in [1.54, 1.807) is 21.3 Å². The van der Waals surface area contributed by atoms with E-state index >= 15 is 0 Å². The van der Waals surface area contributed by atoms with Crippen LogP contribution in [-0.4, -0.2) is 63.1 Å². The number of esters is 1. The highest BCUT2D eigenvalue weighted by molar-refractivity contribution is 5.66. The summed E-state index contributed by atoms with van der Waals surface area (Å²) in [5, 5.41) is 11.9. The van der Waals surface area contributed by atoms with Crippen molar-refractivity contribution in [1.82, 2.24) is 0 Å². The molecule has 8 heteroatoms. The van der Waals surface area contributed by atoms with Gasteiger partial charge in [0.15, 0.2) is 17.6 Å². The number of aliphatic hydroxyl groups is 1. The average Bonchev–Trinajstić information content (AvgIpc) is 3.29. The van der Waals surface area contributed by atoms with Crippen molar-refractivity contribution < 1.29 is 38.3 Å². The van der Waals surface area contributed by atoms with Gasteiger partial charge in [0.25, 0.3) is 0 Å². The molecule has 1 aromatic carbocycles. The summed E-state index contributed by atoms with van der Waals surface area (Å²) < 4.78 is 34.6. The Kier molecular flexibility index (Phi) is 5.90. The number of hydrogen-bond donors (Lipinski definition) is 1. The van der Waals surface area contributed by atoms with Crippen molar-refractivity contribution in [3.05, 3.63) is 30.4 Å². The maximum atomic E-state index is 12.1. The van der Waals surface area contributed by atoms with E-state index in [4.69, 9.17) is 28.4 Å². The van der Waals surface area contributed by atoms with Crippen LogP contribution < -0.4 is 14.2 Å². The van der Waals surface area contributed by atoms with E-state index < -0.39 is 35.3 Å². The fraction of sp³-hybridized carbons (Fsp3) is 0.625. The molecule has 3 aliphatic rings. The largest absolute Gasteiger partial charge is 0.493 e. The molecule has 0 unspecified atom stereocenters. The van der Waals surface area contributed by atoms with Gasteiger partial charge in [-0.15, -0.1) is 6.58 Å². The van der Waals surface area contributed by atoms with Crippen molar-refractivity contribution >= 4 is 5.97 Å². The van der Waals surface area contributed by atoms with Gasteiger partial charge < -0.3 is 33.5 Å². The molecule has 4 rings (SSSR count). The Bertz CT molecular complexity index is 900. The first kappa shape index (κ1) is 22.9. The summed E-state index contributed by atoms with van der Waals surface area (Å²) in [7, 11) is 4.71. The highest BCUT2D eigenvalue weighted by Gasteiger charge is 2.75. The SMILES string of the molecule is C=CC[C@]12C[C@@H](OC)[C@H](OC(C)=O)[C@](OC)([C@@H](c3cc(OC)c4c(c3)OCO4)[C@@H]1C)[C@H]2O. The molecule has 7 atom stereocenters. The van der Waals surface area contributed by atoms with Crippen LogP contribution in [0.1, 0.15) is 38.2 Å². The lowest BCUT2D eigenvalue weighted by atomic mass is 9.65. The predicted octanol–water partition coefficient (Wildman–Crippen LogP) is 2.82. The maximum Gasteiger partial charge on any atom is 0.303 e. The third-order valence-electron chi connectivity index (χ3n) is 7.74. The number of ether oxygens (including phenoxy) is 6. The lowest BCUT2D eigenvalue weighted by Crippen LogP contribution is -2.66. The van der Waals surface area contributed by atoms with Gasteiger partial charge in [-0.3, -0.25) is 4.79 Å². The lowest BCUT2D eigenvalue weighted by Gasteiger charge is -2.51. The molecule has 8 nitrogen and oxygen atoms in total. The van der Waals surface area contributed by atoms with E-state index in [2.05, 4.69) is 13.5 Å². The number of carbonyl (C=O) groups is 1. The fourth-order valence-electron chi connectivity index (χ4n) is 6.43. The molecule has 1 aliphatic heterocycles. The zero-order valence-electron chi connectivity index (χ0n) is 19.3. The van der Waals surface area contributed by atoms with Crippen LogP contribution in [-0.2, 0) is 19.0 Å². The van der Waals surface area contributed by atoms with E-state index in [9.17, 15) is 9.90 Å². The van der Waals surface area contributed by atoms with E-state index in [0.717, 1.165) is 5.56 Å². The summed E-state index contributed by atoms with van der Waals surface area (Å²) in [5.41, 5.74) is -0.978. The highest BCUT2D eigenvalue weighted by atomic mass is 16.7. The first-order chi connectivity index (χ1) is 15.3. The minimum atomic E-state index is -1.24. The molecule has 0 aromatic heterocycles. The van der Waals surface area contributed by atoms with Crippen LogP contribution in [0.5, 0.6) is 17.2 Å². The Labute approximate surface area is 188 Å². The molecule has 2 aliphatic carbocycles. The van der Waals surface area contributed by atoms with Crippen molar-refractivity contribution in [2.24, 2.45) is 11.3 Å². The molecule has 2 fully saturated rings. The van der Waals surface area contributed by atoms with Gasteiger partial charge in [0.05, 0.1) is 19.3 Å². The van der Waals surface area contributed by atoms with Crippen LogP contribution in [0.4, 0.5) is 0 Å². The van der Waals surface area contributed by atoms with Gasteiger partial charge in [0, 0.05) is 32.5 Å². The average molecular weight is 449 g/mol. The summed E-state index contributed by atoms with van der Waals surface area (Å²) in [6.45, 7) is 7.49. The molecule has 0 amide bonds. The van der Waals surface area contributed by atoms with Crippen LogP contribution in [0.25, 0.3) is 0 Å². The number of benzene rings is 1. The van der Waals surface area contributed by atoms with Crippen LogP contribution >= 0.6 is 0 Å². The third-order valence-corrected chi connectivity index (χ3v) is 7.74. The van der Waals surface area contributed by atoms with Crippen molar-refractivity contribution in [2.45, 2.75) is 56.5 Å². The molecule has 1 N–H and O–H groups in total. The minimum Gasteiger partial charge on any atom is -0.493 e. The number of allylic oxidation sites excluding steroid dienone is 1. The molecular formula is C24H32O8. The van der Waals surface area contributed by atoms with E-state index in [-0.39, 0.29) is 18.6 Å². The molecule has 2 bridgehead atoms. The smallest absolute Gasteiger partial charge is 0.303 e. The topological polar surface area (TPSA) is 92.7 Å². The summed E-state index contributed by atoms with van der Waals surface area (Å²) in [6, 6.07) is 3.78. The van der Waals surface area contributed by atoms with Gasteiger partial charge in [0.1, 0.15) is 5.60 Å². The fourth-order valence-corrected chi connectivity index (χ4v) is 6.43. The Morgan fingerprint density at radius 2 is 2.06 bits per heavy atom. The van der Waals surface area contributed by atoms with E-state index in [1.165, 1.54) is 6.92 Å².